The standard InChI is InChI=1S/C19H37NO/c1-3-20(2)14-7-15-21-19-12-10-18(11-13-19)16-17-8-5-4-6-9-17/h17-19H,3-16H2,1-2H3. The van der Waals surface area contributed by atoms with Crippen molar-refractivity contribution in [1.29, 1.82) is 0 Å². The van der Waals surface area contributed by atoms with Gasteiger partial charge in [-0.1, -0.05) is 39.0 Å². The fraction of sp³-hybridized carbons (Fsp3) is 1.00. The first-order valence-electron chi connectivity index (χ1n) is 9.58. The molecule has 0 aromatic rings. The Morgan fingerprint density at radius 2 is 1.57 bits per heavy atom. The molecule has 0 atom stereocenters. The minimum atomic E-state index is 0.569. The first-order chi connectivity index (χ1) is 10.3. The van der Waals surface area contributed by atoms with Crippen molar-refractivity contribution in [1.82, 2.24) is 4.90 Å². The molecule has 0 N–H and O–H groups in total. The highest BCUT2D eigenvalue weighted by Crippen LogP contribution is 2.35. The Labute approximate surface area is 132 Å². The molecule has 2 aliphatic rings. The minimum Gasteiger partial charge on any atom is -0.378 e. The van der Waals surface area contributed by atoms with E-state index in [4.69, 9.17) is 4.74 Å². The summed E-state index contributed by atoms with van der Waals surface area (Å²) in [5, 5.41) is 0. The molecular formula is C19H37NO. The summed E-state index contributed by atoms with van der Waals surface area (Å²) in [6.45, 7) is 5.50. The van der Waals surface area contributed by atoms with E-state index in [-0.39, 0.29) is 0 Å². The van der Waals surface area contributed by atoms with E-state index in [2.05, 4.69) is 18.9 Å². The predicted octanol–water partition coefficient (Wildman–Crippen LogP) is 4.87. The third-order valence-electron chi connectivity index (χ3n) is 5.76. The topological polar surface area (TPSA) is 12.5 Å². The monoisotopic (exact) mass is 295 g/mol. The summed E-state index contributed by atoms with van der Waals surface area (Å²) in [6, 6.07) is 0. The van der Waals surface area contributed by atoms with E-state index >= 15 is 0 Å². The van der Waals surface area contributed by atoms with Crippen LogP contribution in [0.2, 0.25) is 0 Å². The van der Waals surface area contributed by atoms with Crippen molar-refractivity contribution in [2.75, 3.05) is 26.7 Å². The highest BCUT2D eigenvalue weighted by atomic mass is 16.5. The third-order valence-corrected chi connectivity index (χ3v) is 5.76. The molecule has 0 spiro atoms. The van der Waals surface area contributed by atoms with E-state index in [1.165, 1.54) is 77.2 Å². The summed E-state index contributed by atoms with van der Waals surface area (Å²) in [6.07, 6.45) is 16.3. The zero-order valence-corrected chi connectivity index (χ0v) is 14.5. The van der Waals surface area contributed by atoms with E-state index in [1.807, 2.05) is 0 Å². The third kappa shape index (κ3) is 6.69. The predicted molar refractivity (Wildman–Crippen MR) is 90.7 cm³/mol. The van der Waals surface area contributed by atoms with Gasteiger partial charge in [0.15, 0.2) is 0 Å². The van der Waals surface area contributed by atoms with Gasteiger partial charge < -0.3 is 9.64 Å². The quantitative estimate of drug-likeness (QED) is 0.592. The molecule has 0 radical (unpaired) electrons. The van der Waals surface area contributed by atoms with Gasteiger partial charge in [-0.2, -0.15) is 0 Å². The number of nitrogens with zero attached hydrogens (tertiary/aromatic N) is 1. The van der Waals surface area contributed by atoms with Crippen LogP contribution in [0.3, 0.4) is 0 Å². The van der Waals surface area contributed by atoms with Crippen LogP contribution in [0.5, 0.6) is 0 Å². The van der Waals surface area contributed by atoms with Gasteiger partial charge in [-0.05, 0) is 64.0 Å². The van der Waals surface area contributed by atoms with Crippen LogP contribution in [0.1, 0.15) is 77.6 Å². The SMILES string of the molecule is CCN(C)CCCOC1CCC(CC2CCCCC2)CC1. The van der Waals surface area contributed by atoms with E-state index in [0.717, 1.165) is 25.0 Å². The molecule has 2 nitrogen and oxygen atoms in total. The molecule has 0 bridgehead atoms. The molecular weight excluding hydrogens is 258 g/mol. The maximum atomic E-state index is 6.09. The summed E-state index contributed by atoms with van der Waals surface area (Å²) in [5.74, 6) is 2.07. The first-order valence-corrected chi connectivity index (χ1v) is 9.58. The van der Waals surface area contributed by atoms with Crippen LogP contribution in [-0.4, -0.2) is 37.7 Å². The first kappa shape index (κ1) is 17.3. The lowest BCUT2D eigenvalue weighted by atomic mass is 9.77. The van der Waals surface area contributed by atoms with Crippen molar-refractivity contribution in [3.8, 4) is 0 Å². The van der Waals surface area contributed by atoms with Crippen LogP contribution in [0.4, 0.5) is 0 Å². The maximum Gasteiger partial charge on any atom is 0.0575 e. The second-order valence-electron chi connectivity index (χ2n) is 7.50. The molecule has 2 heteroatoms. The van der Waals surface area contributed by atoms with Crippen molar-refractivity contribution >= 4 is 0 Å². The van der Waals surface area contributed by atoms with Crippen LogP contribution in [0, 0.1) is 11.8 Å². The number of hydrogen-bond acceptors (Lipinski definition) is 2. The van der Waals surface area contributed by atoms with Gasteiger partial charge in [0.1, 0.15) is 0 Å². The zero-order chi connectivity index (χ0) is 14.9. The summed E-state index contributed by atoms with van der Waals surface area (Å²) in [7, 11) is 2.19. The Hall–Kier alpha value is -0.0800. The smallest absolute Gasteiger partial charge is 0.0575 e. The van der Waals surface area contributed by atoms with Crippen LogP contribution < -0.4 is 0 Å². The van der Waals surface area contributed by atoms with Gasteiger partial charge in [0.25, 0.3) is 0 Å². The van der Waals surface area contributed by atoms with Crippen molar-refractivity contribution in [2.24, 2.45) is 11.8 Å². The summed E-state index contributed by atoms with van der Waals surface area (Å²) in [4.78, 5) is 2.37. The van der Waals surface area contributed by atoms with Gasteiger partial charge in [-0.3, -0.25) is 0 Å². The fourth-order valence-corrected chi connectivity index (χ4v) is 4.17. The summed E-state index contributed by atoms with van der Waals surface area (Å²) >= 11 is 0. The number of rotatable bonds is 8. The molecule has 2 saturated carbocycles. The molecule has 0 aliphatic heterocycles. The second kappa shape index (κ2) is 9.84. The molecule has 2 fully saturated rings. The lowest BCUT2D eigenvalue weighted by Gasteiger charge is -2.32. The lowest BCUT2D eigenvalue weighted by Crippen LogP contribution is -2.25. The van der Waals surface area contributed by atoms with Gasteiger partial charge in [-0.15, -0.1) is 0 Å². The second-order valence-corrected chi connectivity index (χ2v) is 7.50. The highest BCUT2D eigenvalue weighted by molar-refractivity contribution is 4.77. The van der Waals surface area contributed by atoms with Crippen molar-refractivity contribution < 1.29 is 4.74 Å². The van der Waals surface area contributed by atoms with Crippen LogP contribution >= 0.6 is 0 Å². The Morgan fingerprint density at radius 3 is 2.24 bits per heavy atom. The molecule has 2 aliphatic carbocycles. The molecule has 0 saturated heterocycles. The van der Waals surface area contributed by atoms with Gasteiger partial charge in [0, 0.05) is 13.2 Å². The average Bonchev–Trinajstić information content (AvgIpc) is 2.54. The van der Waals surface area contributed by atoms with Crippen LogP contribution in [0.25, 0.3) is 0 Å². The maximum absolute atomic E-state index is 6.09. The van der Waals surface area contributed by atoms with E-state index in [9.17, 15) is 0 Å². The minimum absolute atomic E-state index is 0.569. The Bertz CT molecular complexity index is 254. The number of ether oxygens (including phenoxy) is 1. The van der Waals surface area contributed by atoms with Crippen molar-refractivity contribution in [3.63, 3.8) is 0 Å². The molecule has 0 unspecified atom stereocenters. The molecule has 0 aromatic heterocycles. The molecule has 21 heavy (non-hydrogen) atoms. The summed E-state index contributed by atoms with van der Waals surface area (Å²) < 4.78 is 6.09. The average molecular weight is 296 g/mol. The van der Waals surface area contributed by atoms with Gasteiger partial charge >= 0.3 is 0 Å². The summed E-state index contributed by atoms with van der Waals surface area (Å²) in [5.41, 5.74) is 0. The molecule has 0 aromatic carbocycles. The van der Waals surface area contributed by atoms with Crippen LogP contribution in [0.15, 0.2) is 0 Å². The normalized spacial score (nSPS) is 28.1. The number of hydrogen-bond donors (Lipinski definition) is 0. The molecule has 0 amide bonds. The highest BCUT2D eigenvalue weighted by Gasteiger charge is 2.24. The van der Waals surface area contributed by atoms with Gasteiger partial charge in [0.2, 0.25) is 0 Å². The lowest BCUT2D eigenvalue weighted by molar-refractivity contribution is 0.0115. The van der Waals surface area contributed by atoms with Crippen molar-refractivity contribution in [2.45, 2.75) is 83.7 Å². The van der Waals surface area contributed by atoms with E-state index in [1.54, 1.807) is 0 Å². The van der Waals surface area contributed by atoms with Gasteiger partial charge in [-0.25, -0.2) is 0 Å². The largest absolute Gasteiger partial charge is 0.378 e. The van der Waals surface area contributed by atoms with Crippen LogP contribution in [-0.2, 0) is 4.74 Å². The molecule has 0 heterocycles. The Kier molecular flexibility index (Phi) is 8.10. The Morgan fingerprint density at radius 1 is 0.905 bits per heavy atom. The Balaban J connectivity index is 1.51. The fourth-order valence-electron chi connectivity index (χ4n) is 4.17. The van der Waals surface area contributed by atoms with Gasteiger partial charge in [0.05, 0.1) is 6.10 Å². The van der Waals surface area contributed by atoms with E-state index in [0.29, 0.717) is 6.10 Å². The molecule has 124 valence electrons. The van der Waals surface area contributed by atoms with E-state index < -0.39 is 0 Å². The zero-order valence-electron chi connectivity index (χ0n) is 14.5. The molecule has 2 rings (SSSR count). The van der Waals surface area contributed by atoms with Crippen molar-refractivity contribution in [3.05, 3.63) is 0 Å².